The first kappa shape index (κ1) is 14.7. The second kappa shape index (κ2) is 7.13. The quantitative estimate of drug-likeness (QED) is 0.249. The molecule has 0 unspecified atom stereocenters. The van der Waals surface area contributed by atoms with Crippen LogP contribution >= 0.6 is 22.6 Å². The van der Waals surface area contributed by atoms with Gasteiger partial charge in [-0.15, -0.1) is 0 Å². The summed E-state index contributed by atoms with van der Waals surface area (Å²) >= 11 is 2.06. The van der Waals surface area contributed by atoms with E-state index in [1.165, 1.54) is 10.8 Å². The lowest BCUT2D eigenvalue weighted by atomic mass is 10.6. The maximum absolute atomic E-state index is 11.0. The van der Waals surface area contributed by atoms with E-state index in [1.54, 1.807) is 6.92 Å². The highest BCUT2D eigenvalue weighted by molar-refractivity contribution is 14.1. The van der Waals surface area contributed by atoms with Crippen LogP contribution in [0, 0.1) is 17.0 Å². The molecule has 0 N–H and O–H groups in total. The molecule has 1 rings (SSSR count). The molecule has 0 aliphatic carbocycles. The molecule has 0 bridgehead atoms. The van der Waals surface area contributed by atoms with Crippen molar-refractivity contribution in [1.29, 1.82) is 0 Å². The van der Waals surface area contributed by atoms with Crippen molar-refractivity contribution < 1.29 is 19.2 Å². The molecule has 1 aromatic heterocycles. The number of aryl methyl sites for hydroxylation is 1. The van der Waals surface area contributed by atoms with Gasteiger partial charge in [-0.25, -0.2) is 14.3 Å². The first-order chi connectivity index (χ1) is 8.56. The molecule has 0 aliphatic rings. The number of halogens is 1. The third-order valence-electron chi connectivity index (χ3n) is 2.05. The summed E-state index contributed by atoms with van der Waals surface area (Å²) in [5.41, 5.74) is 0. The minimum atomic E-state index is -0.771. The third kappa shape index (κ3) is 4.13. The van der Waals surface area contributed by atoms with Gasteiger partial charge in [0.05, 0.1) is 0 Å². The molecule has 100 valence electrons. The van der Waals surface area contributed by atoms with Crippen molar-refractivity contribution in [2.45, 2.75) is 13.5 Å². The molecular weight excluding hydrogens is 357 g/mol. The Morgan fingerprint density at radius 3 is 2.83 bits per heavy atom. The molecule has 0 aromatic carbocycles. The molecule has 0 amide bonds. The molecular formula is C9H12IN3O5. The van der Waals surface area contributed by atoms with E-state index in [-0.39, 0.29) is 25.6 Å². The average molecular weight is 369 g/mol. The summed E-state index contributed by atoms with van der Waals surface area (Å²) in [6.45, 7) is 2.09. The van der Waals surface area contributed by atoms with Crippen molar-refractivity contribution in [2.75, 3.05) is 17.6 Å². The van der Waals surface area contributed by atoms with Crippen molar-refractivity contribution in [3.8, 4) is 0 Å². The van der Waals surface area contributed by atoms with Crippen LogP contribution in [-0.4, -0.2) is 38.3 Å². The van der Waals surface area contributed by atoms with Gasteiger partial charge in [0, 0.05) is 11.4 Å². The Morgan fingerprint density at radius 1 is 1.56 bits per heavy atom. The van der Waals surface area contributed by atoms with Crippen molar-refractivity contribution in [2.24, 2.45) is 0 Å². The van der Waals surface area contributed by atoms with Crippen LogP contribution in [0.2, 0.25) is 0 Å². The Kier molecular flexibility index (Phi) is 5.82. The van der Waals surface area contributed by atoms with Crippen molar-refractivity contribution in [3.05, 3.63) is 22.1 Å². The highest BCUT2D eigenvalue weighted by Gasteiger charge is 2.17. The van der Waals surface area contributed by atoms with Gasteiger partial charge in [-0.2, -0.15) is 0 Å². The number of carbonyl (C=O) groups excluding carboxylic acids is 1. The molecule has 0 saturated carbocycles. The van der Waals surface area contributed by atoms with Crippen molar-refractivity contribution in [1.82, 2.24) is 9.55 Å². The molecule has 1 aromatic rings. The fourth-order valence-electron chi connectivity index (χ4n) is 1.26. The van der Waals surface area contributed by atoms with Crippen LogP contribution in [0.4, 0.5) is 10.6 Å². The summed E-state index contributed by atoms with van der Waals surface area (Å²) in [6.07, 6.45) is 0.399. The van der Waals surface area contributed by atoms with Gasteiger partial charge in [-0.05, 0) is 4.92 Å². The van der Waals surface area contributed by atoms with Crippen LogP contribution in [0.3, 0.4) is 0 Å². The average Bonchev–Trinajstić information content (AvgIpc) is 2.68. The number of hydrogen-bond acceptors (Lipinski definition) is 6. The van der Waals surface area contributed by atoms with E-state index >= 15 is 0 Å². The second-order valence-corrected chi connectivity index (χ2v) is 4.29. The number of nitro groups is 1. The van der Waals surface area contributed by atoms with Crippen LogP contribution in [0.15, 0.2) is 6.20 Å². The number of carbonyl (C=O) groups is 1. The zero-order valence-corrected chi connectivity index (χ0v) is 11.8. The van der Waals surface area contributed by atoms with Gasteiger partial charge in [-0.1, -0.05) is 22.6 Å². The summed E-state index contributed by atoms with van der Waals surface area (Å²) in [6, 6.07) is 0. The number of nitrogens with zero attached hydrogens (tertiary/aromatic N) is 3. The van der Waals surface area contributed by atoms with E-state index in [9.17, 15) is 14.9 Å². The van der Waals surface area contributed by atoms with Crippen molar-refractivity contribution >= 4 is 34.6 Å². The Balaban J connectivity index is 2.46. The number of imidazole rings is 1. The van der Waals surface area contributed by atoms with E-state index in [1.807, 2.05) is 0 Å². The molecule has 8 nitrogen and oxygen atoms in total. The number of hydrogen-bond donors (Lipinski definition) is 0. The Hall–Kier alpha value is -1.39. The smallest absolute Gasteiger partial charge is 0.433 e. The molecule has 18 heavy (non-hydrogen) atoms. The van der Waals surface area contributed by atoms with Gasteiger partial charge in [-0.3, -0.25) is 0 Å². The van der Waals surface area contributed by atoms with Gasteiger partial charge in [0.2, 0.25) is 0 Å². The lowest BCUT2D eigenvalue weighted by Gasteiger charge is -2.05. The molecule has 1 heterocycles. The van der Waals surface area contributed by atoms with Crippen molar-refractivity contribution in [3.63, 3.8) is 0 Å². The number of ether oxygens (including phenoxy) is 2. The largest absolute Gasteiger partial charge is 0.508 e. The van der Waals surface area contributed by atoms with Crippen LogP contribution < -0.4 is 0 Å². The predicted octanol–water partition coefficient (Wildman–Crippen LogP) is 1.69. The molecule has 0 saturated heterocycles. The standard InChI is InChI=1S/C9H12IN3O5/c1-7-11-6-8(13(15)16)12(7)3-5-18-9(14)17-4-2-10/h6H,2-5H2,1H3. The summed E-state index contributed by atoms with van der Waals surface area (Å²) < 4.78 is 11.5. The maximum Gasteiger partial charge on any atom is 0.508 e. The molecule has 0 fully saturated rings. The summed E-state index contributed by atoms with van der Waals surface area (Å²) in [5, 5.41) is 10.7. The molecule has 0 aliphatic heterocycles. The van der Waals surface area contributed by atoms with Gasteiger partial charge < -0.3 is 19.6 Å². The van der Waals surface area contributed by atoms with E-state index in [4.69, 9.17) is 9.47 Å². The molecule has 0 spiro atoms. The highest BCUT2D eigenvalue weighted by atomic mass is 127. The summed E-state index contributed by atoms with van der Waals surface area (Å²) in [5.74, 6) is 0.364. The zero-order valence-electron chi connectivity index (χ0n) is 9.67. The first-order valence-corrected chi connectivity index (χ1v) is 6.61. The Labute approximate surface area is 117 Å². The SMILES string of the molecule is Cc1ncc([N+](=O)[O-])n1CCOC(=O)OCCI. The van der Waals surface area contributed by atoms with Crippen LogP contribution in [0.1, 0.15) is 5.82 Å². The van der Waals surface area contributed by atoms with E-state index in [0.717, 1.165) is 0 Å². The van der Waals surface area contributed by atoms with Crippen LogP contribution in [-0.2, 0) is 16.0 Å². The molecule has 0 radical (unpaired) electrons. The van der Waals surface area contributed by atoms with E-state index < -0.39 is 11.1 Å². The fourth-order valence-corrected chi connectivity index (χ4v) is 1.48. The van der Waals surface area contributed by atoms with Crippen LogP contribution in [0.25, 0.3) is 0 Å². The number of alkyl halides is 1. The lowest BCUT2D eigenvalue weighted by molar-refractivity contribution is -0.392. The van der Waals surface area contributed by atoms with Gasteiger partial charge in [0.25, 0.3) is 0 Å². The predicted molar refractivity (Wildman–Crippen MR) is 69.8 cm³/mol. The van der Waals surface area contributed by atoms with Gasteiger partial charge >= 0.3 is 12.0 Å². The van der Waals surface area contributed by atoms with E-state index in [0.29, 0.717) is 10.3 Å². The normalized spacial score (nSPS) is 10.1. The second-order valence-electron chi connectivity index (χ2n) is 3.21. The summed E-state index contributed by atoms with van der Waals surface area (Å²) in [7, 11) is 0. The minimum absolute atomic E-state index is 0.00187. The third-order valence-corrected chi connectivity index (χ3v) is 2.49. The minimum Gasteiger partial charge on any atom is -0.433 e. The molecule has 0 atom stereocenters. The van der Waals surface area contributed by atoms with E-state index in [2.05, 4.69) is 27.6 Å². The van der Waals surface area contributed by atoms with Crippen LogP contribution in [0.5, 0.6) is 0 Å². The molecule has 9 heteroatoms. The zero-order chi connectivity index (χ0) is 13.5. The van der Waals surface area contributed by atoms with Gasteiger partial charge in [0.1, 0.15) is 26.0 Å². The lowest BCUT2D eigenvalue weighted by Crippen LogP contribution is -2.15. The highest BCUT2D eigenvalue weighted by Crippen LogP contribution is 2.13. The van der Waals surface area contributed by atoms with Gasteiger partial charge in [0.15, 0.2) is 5.82 Å². The topological polar surface area (TPSA) is 96.5 Å². The number of aromatic nitrogens is 2. The first-order valence-electron chi connectivity index (χ1n) is 5.08. The number of rotatable bonds is 6. The Bertz CT molecular complexity index is 434. The maximum atomic E-state index is 11.0. The monoisotopic (exact) mass is 369 g/mol. The Morgan fingerprint density at radius 2 is 2.22 bits per heavy atom. The fraction of sp³-hybridized carbons (Fsp3) is 0.556. The summed E-state index contributed by atoms with van der Waals surface area (Å²) in [4.78, 5) is 25.0.